The number of furan rings is 1. The molecule has 0 aliphatic heterocycles. The third kappa shape index (κ3) is 3.47. The number of halogens is 1. The summed E-state index contributed by atoms with van der Waals surface area (Å²) in [7, 11) is 1.99. The van der Waals surface area contributed by atoms with Gasteiger partial charge >= 0.3 is 0 Å². The highest BCUT2D eigenvalue weighted by molar-refractivity contribution is 9.10. The van der Waals surface area contributed by atoms with Gasteiger partial charge in [-0.15, -0.1) is 0 Å². The van der Waals surface area contributed by atoms with E-state index in [0.29, 0.717) is 0 Å². The van der Waals surface area contributed by atoms with E-state index in [1.165, 1.54) is 0 Å². The Morgan fingerprint density at radius 3 is 2.95 bits per heavy atom. The Labute approximate surface area is 121 Å². The molecular weight excluding hydrogens is 308 g/mol. The molecule has 0 spiro atoms. The molecule has 102 valence electrons. The Hall–Kier alpha value is -1.56. The van der Waals surface area contributed by atoms with Gasteiger partial charge in [-0.05, 0) is 28.4 Å². The zero-order chi connectivity index (χ0) is 13.7. The highest BCUT2D eigenvalue weighted by Crippen LogP contribution is 2.29. The lowest BCUT2D eigenvalue weighted by Crippen LogP contribution is -2.18. The molecule has 0 saturated heterocycles. The monoisotopic (exact) mass is 324 g/mol. The maximum Gasteiger partial charge on any atom is 0.148 e. The van der Waals surface area contributed by atoms with Crippen molar-refractivity contribution >= 4 is 27.6 Å². The van der Waals surface area contributed by atoms with Gasteiger partial charge < -0.3 is 14.6 Å². The van der Waals surface area contributed by atoms with Crippen LogP contribution in [0.3, 0.4) is 0 Å². The lowest BCUT2D eigenvalue weighted by atomic mass is 10.3. The normalized spacial score (nSPS) is 10.5. The first-order valence-corrected chi connectivity index (χ1v) is 6.98. The van der Waals surface area contributed by atoms with Gasteiger partial charge in [0.2, 0.25) is 0 Å². The first-order chi connectivity index (χ1) is 9.22. The van der Waals surface area contributed by atoms with Crippen LogP contribution >= 0.6 is 15.9 Å². The van der Waals surface area contributed by atoms with Crippen LogP contribution < -0.4 is 10.2 Å². The number of aromatic nitrogens is 2. The van der Waals surface area contributed by atoms with Crippen molar-refractivity contribution < 1.29 is 4.42 Å². The van der Waals surface area contributed by atoms with Crippen molar-refractivity contribution in [2.75, 3.05) is 23.8 Å². The molecule has 0 fully saturated rings. The van der Waals surface area contributed by atoms with Crippen molar-refractivity contribution in [2.45, 2.75) is 19.9 Å². The van der Waals surface area contributed by atoms with E-state index in [0.717, 1.165) is 41.2 Å². The van der Waals surface area contributed by atoms with E-state index in [9.17, 15) is 0 Å². The van der Waals surface area contributed by atoms with Crippen LogP contribution in [0.1, 0.15) is 18.9 Å². The largest absolute Gasteiger partial charge is 0.472 e. The lowest BCUT2D eigenvalue weighted by Gasteiger charge is -2.19. The summed E-state index contributed by atoms with van der Waals surface area (Å²) >= 11 is 3.56. The Balaban J connectivity index is 2.14. The molecule has 0 aliphatic carbocycles. The van der Waals surface area contributed by atoms with Gasteiger partial charge in [0.1, 0.15) is 22.4 Å². The van der Waals surface area contributed by atoms with Gasteiger partial charge in [-0.3, -0.25) is 0 Å². The molecular formula is C13H17BrN4O. The fourth-order valence-corrected chi connectivity index (χ4v) is 2.37. The number of nitrogens with one attached hydrogen (secondary N) is 1. The molecule has 2 aromatic rings. The number of hydrogen-bond acceptors (Lipinski definition) is 5. The number of anilines is 2. The molecule has 0 unspecified atom stereocenters. The second-order valence-corrected chi connectivity index (χ2v) is 5.07. The zero-order valence-electron chi connectivity index (χ0n) is 11.1. The molecule has 19 heavy (non-hydrogen) atoms. The van der Waals surface area contributed by atoms with Crippen molar-refractivity contribution in [1.29, 1.82) is 0 Å². The van der Waals surface area contributed by atoms with Crippen LogP contribution in [0, 0.1) is 0 Å². The molecule has 0 bridgehead atoms. The van der Waals surface area contributed by atoms with Crippen LogP contribution in [-0.4, -0.2) is 23.6 Å². The van der Waals surface area contributed by atoms with Crippen LogP contribution in [0.15, 0.2) is 33.8 Å². The Bertz CT molecular complexity index is 515. The zero-order valence-corrected chi connectivity index (χ0v) is 12.6. The second-order valence-electron chi connectivity index (χ2n) is 4.27. The summed E-state index contributed by atoms with van der Waals surface area (Å²) < 4.78 is 5.96. The minimum absolute atomic E-state index is 0.735. The van der Waals surface area contributed by atoms with E-state index >= 15 is 0 Å². The van der Waals surface area contributed by atoms with Crippen LogP contribution in [0.5, 0.6) is 0 Å². The maximum atomic E-state index is 5.07. The molecule has 1 N–H and O–H groups in total. The second kappa shape index (κ2) is 6.56. The van der Waals surface area contributed by atoms with Gasteiger partial charge in [0.05, 0.1) is 12.5 Å². The van der Waals surface area contributed by atoms with Gasteiger partial charge in [-0.2, -0.15) is 0 Å². The molecule has 2 heterocycles. The Morgan fingerprint density at radius 1 is 1.42 bits per heavy atom. The van der Waals surface area contributed by atoms with Gasteiger partial charge in [0.15, 0.2) is 0 Å². The van der Waals surface area contributed by atoms with Crippen LogP contribution in [0.2, 0.25) is 0 Å². The highest BCUT2D eigenvalue weighted by Gasteiger charge is 2.12. The molecule has 5 nitrogen and oxygen atoms in total. The van der Waals surface area contributed by atoms with Crippen molar-refractivity contribution in [3.05, 3.63) is 35.0 Å². The van der Waals surface area contributed by atoms with E-state index in [2.05, 4.69) is 38.1 Å². The van der Waals surface area contributed by atoms with Gasteiger partial charge in [-0.25, -0.2) is 9.97 Å². The summed E-state index contributed by atoms with van der Waals surface area (Å²) in [5.74, 6) is 1.68. The highest BCUT2D eigenvalue weighted by atomic mass is 79.9. The minimum Gasteiger partial charge on any atom is -0.472 e. The van der Waals surface area contributed by atoms with Gasteiger partial charge in [0, 0.05) is 25.7 Å². The van der Waals surface area contributed by atoms with E-state index in [-0.39, 0.29) is 0 Å². The van der Waals surface area contributed by atoms with E-state index in [1.54, 1.807) is 18.9 Å². The average molecular weight is 325 g/mol. The third-order valence-electron chi connectivity index (χ3n) is 2.67. The molecule has 0 aliphatic rings. The maximum absolute atomic E-state index is 5.07. The van der Waals surface area contributed by atoms with Crippen LogP contribution in [0.4, 0.5) is 11.6 Å². The molecule has 2 rings (SSSR count). The molecule has 0 amide bonds. The third-order valence-corrected chi connectivity index (χ3v) is 3.41. The summed E-state index contributed by atoms with van der Waals surface area (Å²) in [4.78, 5) is 10.6. The fraction of sp³-hybridized carbons (Fsp3) is 0.385. The standard InChI is InChI=1S/C13H17BrN4O/c1-3-5-15-12-11(14)13(17-9-16-12)18(2)7-10-4-6-19-8-10/h4,6,8-9H,3,5,7H2,1-2H3,(H,15,16,17). The topological polar surface area (TPSA) is 54.2 Å². The van der Waals surface area contributed by atoms with Gasteiger partial charge in [0.25, 0.3) is 0 Å². The predicted molar refractivity (Wildman–Crippen MR) is 79.3 cm³/mol. The summed E-state index contributed by atoms with van der Waals surface area (Å²) in [5.41, 5.74) is 1.11. The summed E-state index contributed by atoms with van der Waals surface area (Å²) in [6.07, 6.45) is 6.04. The number of hydrogen-bond donors (Lipinski definition) is 1. The first-order valence-electron chi connectivity index (χ1n) is 6.19. The summed E-state index contributed by atoms with van der Waals surface area (Å²) in [5, 5.41) is 3.27. The van der Waals surface area contributed by atoms with E-state index < -0.39 is 0 Å². The SMILES string of the molecule is CCCNc1ncnc(N(C)Cc2ccoc2)c1Br. The minimum atomic E-state index is 0.735. The van der Waals surface area contributed by atoms with Gasteiger partial charge in [-0.1, -0.05) is 6.92 Å². The first kappa shape index (κ1) is 13.9. The molecule has 6 heteroatoms. The Kier molecular flexibility index (Phi) is 4.79. The predicted octanol–water partition coefficient (Wildman–Crippen LogP) is 3.29. The van der Waals surface area contributed by atoms with E-state index in [4.69, 9.17) is 4.42 Å². The Morgan fingerprint density at radius 2 is 2.26 bits per heavy atom. The quantitative estimate of drug-likeness (QED) is 0.883. The number of nitrogens with zero attached hydrogens (tertiary/aromatic N) is 3. The molecule has 0 aromatic carbocycles. The molecule has 0 atom stereocenters. The fourth-order valence-electron chi connectivity index (χ4n) is 1.72. The van der Waals surface area contributed by atoms with E-state index in [1.807, 2.05) is 18.0 Å². The smallest absolute Gasteiger partial charge is 0.148 e. The lowest BCUT2D eigenvalue weighted by molar-refractivity contribution is 0.563. The van der Waals surface area contributed by atoms with Crippen molar-refractivity contribution in [1.82, 2.24) is 9.97 Å². The van der Waals surface area contributed by atoms with Crippen molar-refractivity contribution in [2.24, 2.45) is 0 Å². The van der Waals surface area contributed by atoms with Crippen LogP contribution in [0.25, 0.3) is 0 Å². The summed E-state index contributed by atoms with van der Waals surface area (Å²) in [6, 6.07) is 1.95. The average Bonchev–Trinajstić information content (AvgIpc) is 2.90. The summed E-state index contributed by atoms with van der Waals surface area (Å²) in [6.45, 7) is 3.74. The van der Waals surface area contributed by atoms with Crippen molar-refractivity contribution in [3.63, 3.8) is 0 Å². The van der Waals surface area contributed by atoms with Crippen molar-refractivity contribution in [3.8, 4) is 0 Å². The van der Waals surface area contributed by atoms with Crippen LogP contribution in [-0.2, 0) is 6.54 Å². The molecule has 2 aromatic heterocycles. The molecule has 0 radical (unpaired) electrons. The number of rotatable bonds is 6. The molecule has 0 saturated carbocycles.